The highest BCUT2D eigenvalue weighted by molar-refractivity contribution is 5.77. The van der Waals surface area contributed by atoms with Gasteiger partial charge in [0.05, 0.1) is 18.4 Å². The van der Waals surface area contributed by atoms with Gasteiger partial charge in [-0.15, -0.1) is 6.58 Å². The monoisotopic (exact) mass is 546 g/mol. The molecule has 2 unspecified atom stereocenters. The number of likely N-dealkylation sites (tertiary alicyclic amines) is 1. The molecule has 2 aliphatic heterocycles. The second kappa shape index (κ2) is 10.3. The highest BCUT2D eigenvalue weighted by Crippen LogP contribution is 2.35. The lowest BCUT2D eigenvalue weighted by Gasteiger charge is -2.41. The van der Waals surface area contributed by atoms with E-state index in [2.05, 4.69) is 68.0 Å². The summed E-state index contributed by atoms with van der Waals surface area (Å²) in [6.07, 6.45) is 10.6. The van der Waals surface area contributed by atoms with E-state index in [1.165, 1.54) is 18.5 Å². The van der Waals surface area contributed by atoms with Crippen LogP contribution in [0.15, 0.2) is 84.7 Å². The molecule has 7 rings (SSSR count). The van der Waals surface area contributed by atoms with Crippen LogP contribution in [0.25, 0.3) is 28.2 Å². The van der Waals surface area contributed by atoms with Gasteiger partial charge in [0, 0.05) is 55.1 Å². The summed E-state index contributed by atoms with van der Waals surface area (Å²) in [6, 6.07) is 15.1. The molecule has 5 aromatic rings. The van der Waals surface area contributed by atoms with Crippen LogP contribution in [-0.4, -0.2) is 71.4 Å². The molecular formula is C30H30N10O. The van der Waals surface area contributed by atoms with Crippen molar-refractivity contribution in [2.45, 2.75) is 31.5 Å². The molecule has 2 bridgehead atoms. The number of pyridine rings is 1. The zero-order valence-corrected chi connectivity index (χ0v) is 22.8. The van der Waals surface area contributed by atoms with Gasteiger partial charge in [-0.3, -0.25) is 14.8 Å². The Balaban J connectivity index is 1.22. The van der Waals surface area contributed by atoms with E-state index < -0.39 is 0 Å². The van der Waals surface area contributed by atoms with Gasteiger partial charge in [0.15, 0.2) is 11.5 Å². The van der Waals surface area contributed by atoms with Crippen molar-refractivity contribution < 1.29 is 0 Å². The molecule has 2 saturated heterocycles. The molecule has 2 atom stereocenters. The van der Waals surface area contributed by atoms with Gasteiger partial charge in [0.2, 0.25) is 5.95 Å². The molecule has 0 aliphatic carbocycles. The number of nitrogens with zero attached hydrogens (tertiary/aromatic N) is 9. The Bertz CT molecular complexity index is 1770. The number of hydrogen-bond donors (Lipinski definition) is 1. The predicted octanol–water partition coefficient (Wildman–Crippen LogP) is 3.65. The van der Waals surface area contributed by atoms with Crippen LogP contribution in [0.5, 0.6) is 0 Å². The number of piperazine rings is 1. The average Bonchev–Trinajstić information content (AvgIpc) is 3.43. The molecule has 41 heavy (non-hydrogen) atoms. The number of allylic oxidation sites excluding steroid dienone is 1. The smallest absolute Gasteiger partial charge is 0.278 e. The normalized spacial score (nSPS) is 18.6. The number of aromatic nitrogens is 7. The third-order valence-corrected chi connectivity index (χ3v) is 7.84. The van der Waals surface area contributed by atoms with E-state index in [0.29, 0.717) is 46.3 Å². The minimum atomic E-state index is -0.218. The van der Waals surface area contributed by atoms with Crippen LogP contribution in [0, 0.1) is 0 Å². The first kappa shape index (κ1) is 25.1. The topological polar surface area (TPSA) is 110 Å². The second-order valence-electron chi connectivity index (χ2n) is 10.6. The third-order valence-electron chi connectivity index (χ3n) is 7.84. The molecule has 206 valence electrons. The molecule has 0 spiro atoms. The molecule has 2 aliphatic rings. The molecule has 11 nitrogen and oxygen atoms in total. The molecule has 0 radical (unpaired) electrons. The van der Waals surface area contributed by atoms with E-state index in [0.717, 1.165) is 18.8 Å². The summed E-state index contributed by atoms with van der Waals surface area (Å²) in [4.78, 5) is 40.9. The Labute approximate surface area is 236 Å². The first-order valence-corrected chi connectivity index (χ1v) is 13.8. The standard InChI is InChI=1S/C30H30N10O/c1-3-15-38-29(41)24-16-33-30(34-20-7-9-21(10-8-20)39-22-11-12-23(39)19-37(2)18-22)36-28(24)40(38)27-6-4-5-25(35-27)26-17-31-13-14-32-26/h3-10,13-14,16-17,22-23H,1,11-12,15,18-19H2,2H3,(H,33,34,36). The summed E-state index contributed by atoms with van der Waals surface area (Å²) in [5.41, 5.74) is 3.62. The van der Waals surface area contributed by atoms with Crippen molar-refractivity contribution in [2.75, 3.05) is 30.4 Å². The molecule has 0 saturated carbocycles. The van der Waals surface area contributed by atoms with Gasteiger partial charge in [-0.05, 0) is 56.3 Å². The van der Waals surface area contributed by atoms with Crippen LogP contribution < -0.4 is 15.8 Å². The molecule has 11 heteroatoms. The molecule has 1 N–H and O–H groups in total. The van der Waals surface area contributed by atoms with Gasteiger partial charge in [0.25, 0.3) is 5.56 Å². The van der Waals surface area contributed by atoms with E-state index in [1.54, 1.807) is 40.2 Å². The molecule has 0 amide bonds. The summed E-state index contributed by atoms with van der Waals surface area (Å²) >= 11 is 0. The summed E-state index contributed by atoms with van der Waals surface area (Å²) < 4.78 is 3.26. The lowest BCUT2D eigenvalue weighted by atomic mass is 10.1. The van der Waals surface area contributed by atoms with Crippen molar-refractivity contribution in [3.05, 3.63) is 90.3 Å². The zero-order valence-electron chi connectivity index (χ0n) is 22.8. The fraction of sp³-hybridized carbons (Fsp3) is 0.267. The van der Waals surface area contributed by atoms with Crippen molar-refractivity contribution in [1.29, 1.82) is 0 Å². The van der Waals surface area contributed by atoms with Gasteiger partial charge in [0.1, 0.15) is 11.1 Å². The van der Waals surface area contributed by atoms with Crippen LogP contribution in [-0.2, 0) is 6.54 Å². The van der Waals surface area contributed by atoms with E-state index in [4.69, 9.17) is 9.97 Å². The Morgan fingerprint density at radius 2 is 1.78 bits per heavy atom. The van der Waals surface area contributed by atoms with E-state index in [-0.39, 0.29) is 12.1 Å². The largest absolute Gasteiger partial charge is 0.363 e. The Hall–Kier alpha value is -4.90. The summed E-state index contributed by atoms with van der Waals surface area (Å²) in [6.45, 7) is 6.33. The van der Waals surface area contributed by atoms with Gasteiger partial charge in [-0.25, -0.2) is 19.3 Å². The number of anilines is 3. The maximum atomic E-state index is 13.3. The minimum absolute atomic E-state index is 0.218. The first-order valence-electron chi connectivity index (χ1n) is 13.8. The van der Waals surface area contributed by atoms with Crippen molar-refractivity contribution in [2.24, 2.45) is 0 Å². The van der Waals surface area contributed by atoms with Crippen LogP contribution >= 0.6 is 0 Å². The van der Waals surface area contributed by atoms with Crippen molar-refractivity contribution in [3.8, 4) is 17.2 Å². The summed E-state index contributed by atoms with van der Waals surface area (Å²) in [7, 11) is 2.21. The van der Waals surface area contributed by atoms with Gasteiger partial charge < -0.3 is 15.1 Å². The molecule has 6 heterocycles. The van der Waals surface area contributed by atoms with Gasteiger partial charge in [-0.2, -0.15) is 4.98 Å². The van der Waals surface area contributed by atoms with Gasteiger partial charge >= 0.3 is 0 Å². The third kappa shape index (κ3) is 4.53. The quantitative estimate of drug-likeness (QED) is 0.306. The molecule has 2 fully saturated rings. The molecule has 1 aromatic carbocycles. The summed E-state index contributed by atoms with van der Waals surface area (Å²) in [5, 5.41) is 3.71. The van der Waals surface area contributed by atoms with Crippen LogP contribution in [0.2, 0.25) is 0 Å². The van der Waals surface area contributed by atoms with Crippen molar-refractivity contribution in [3.63, 3.8) is 0 Å². The Morgan fingerprint density at radius 1 is 0.976 bits per heavy atom. The first-order chi connectivity index (χ1) is 20.1. The maximum Gasteiger partial charge on any atom is 0.278 e. The number of nitrogens with one attached hydrogen (secondary N) is 1. The average molecular weight is 547 g/mol. The predicted molar refractivity (Wildman–Crippen MR) is 159 cm³/mol. The highest BCUT2D eigenvalue weighted by atomic mass is 16.1. The van der Waals surface area contributed by atoms with Gasteiger partial charge in [-0.1, -0.05) is 12.1 Å². The number of likely N-dealkylation sites (N-methyl/N-ethyl adjacent to an activating group) is 1. The Morgan fingerprint density at radius 3 is 2.51 bits per heavy atom. The van der Waals surface area contributed by atoms with E-state index in [9.17, 15) is 4.79 Å². The van der Waals surface area contributed by atoms with E-state index >= 15 is 0 Å². The number of fused-ring (bicyclic) bond motifs is 3. The SMILES string of the molecule is C=CCn1c(=O)c2cnc(Nc3ccc(N4C5CCC4CN(C)C5)cc3)nc2n1-c1cccc(-c2cnccn2)n1. The highest BCUT2D eigenvalue weighted by Gasteiger charge is 2.38. The fourth-order valence-electron chi connectivity index (χ4n) is 6.11. The molecule has 4 aromatic heterocycles. The van der Waals surface area contributed by atoms with Crippen LogP contribution in [0.1, 0.15) is 12.8 Å². The van der Waals surface area contributed by atoms with E-state index in [1.807, 2.05) is 18.2 Å². The molecular weight excluding hydrogens is 516 g/mol. The van der Waals surface area contributed by atoms with Crippen molar-refractivity contribution >= 4 is 28.4 Å². The van der Waals surface area contributed by atoms with Crippen LogP contribution in [0.4, 0.5) is 17.3 Å². The number of rotatable bonds is 7. The van der Waals surface area contributed by atoms with Crippen LogP contribution in [0.3, 0.4) is 0 Å². The number of hydrogen-bond acceptors (Lipinski definition) is 9. The lowest BCUT2D eigenvalue weighted by molar-refractivity contribution is 0.265. The van der Waals surface area contributed by atoms with Crippen molar-refractivity contribution in [1.82, 2.24) is 39.2 Å². The maximum absolute atomic E-state index is 13.3. The Kier molecular flexibility index (Phi) is 6.27. The zero-order chi connectivity index (χ0) is 27.9. The number of benzene rings is 1. The fourth-order valence-corrected chi connectivity index (χ4v) is 6.11. The second-order valence-corrected chi connectivity index (χ2v) is 10.6. The minimum Gasteiger partial charge on any atom is -0.363 e. The summed E-state index contributed by atoms with van der Waals surface area (Å²) in [5.74, 6) is 0.914. The lowest BCUT2D eigenvalue weighted by Crippen LogP contribution is -2.52.